The van der Waals surface area contributed by atoms with Crippen LogP contribution in [-0.4, -0.2) is 193 Å². The van der Waals surface area contributed by atoms with Crippen LogP contribution in [0.15, 0.2) is 97.2 Å². The van der Waals surface area contributed by atoms with Crippen molar-refractivity contribution in [3.05, 3.63) is 97.2 Å². The lowest BCUT2D eigenvalue weighted by Crippen LogP contribution is -2.66. The van der Waals surface area contributed by atoms with Crippen LogP contribution in [0, 0.1) is 0 Å². The summed E-state index contributed by atoms with van der Waals surface area (Å²) in [4.78, 5) is 13.4. The average Bonchev–Trinajstić information content (AvgIpc) is 0.784. The van der Waals surface area contributed by atoms with Gasteiger partial charge >= 0.3 is 0 Å². The second-order valence-corrected chi connectivity index (χ2v) is 27.1. The fourth-order valence-corrected chi connectivity index (χ4v) is 12.4. The Morgan fingerprint density at radius 1 is 0.378 bits per heavy atom. The summed E-state index contributed by atoms with van der Waals surface area (Å²) in [6.07, 6.45) is 52.4. The molecule has 0 aromatic carbocycles. The summed E-state index contributed by atoms with van der Waals surface area (Å²) in [7, 11) is 0. The number of rotatable bonds is 59. The molecule has 0 aromatic rings. The van der Waals surface area contributed by atoms with E-state index in [0.29, 0.717) is 12.8 Å². The van der Waals surface area contributed by atoms with E-state index in [4.69, 9.17) is 28.4 Å². The van der Waals surface area contributed by atoms with E-state index in [-0.39, 0.29) is 18.9 Å². The summed E-state index contributed by atoms with van der Waals surface area (Å²) in [5, 5.41) is 121. The molecule has 0 aliphatic carbocycles. The van der Waals surface area contributed by atoms with Crippen molar-refractivity contribution in [1.82, 2.24) is 5.32 Å². The SMILES string of the molecule is CC/C=C\C/C=C\C/C=C\C/C=C\C/C=C\CCCCCCCCCCCC(=O)NC(COC1OC(CO)C(OC2OC(CO)C(OC3OC(CO)C(O)C(O)C3O)C(O)C2O)C(O)C1O)C(O)/C=C/CC/C=C/CC/C=C/CCCCCCCCCCCCCCCCCCCC. The van der Waals surface area contributed by atoms with E-state index in [1.54, 1.807) is 6.08 Å². The molecular formula is C79H137NO18. The lowest BCUT2D eigenvalue weighted by atomic mass is 9.96. The first-order valence-electron chi connectivity index (χ1n) is 38.5. The van der Waals surface area contributed by atoms with Gasteiger partial charge in [-0.3, -0.25) is 4.79 Å². The standard InChI is InChI=1S/C79H137NO18/c1-3-5-7-9-11-13-15-17-19-21-23-25-27-29-30-31-33-34-36-38-40-42-44-46-48-50-52-54-56-63(84)62(80-67(85)57-55-53-51-49-47-45-43-41-39-37-35-32-28-26-24-22-20-18-16-14-12-10-8-6-4-2)61-93-77-73(91)70(88)75(65(59-82)95-77)98-79-74(92)71(89)76(66(60-83)96-79)97-78-72(90)69(87)68(86)64(58-81)94-78/h6,8,12,14,18,20,24,26,32,35,38,40,46,48,54,56,62-66,68-79,81-84,86-92H,3-5,7,9-11,13,15-17,19,21-23,25,27-31,33-34,36-37,39,41-45,47,49-53,55,57-61H2,1-2H3,(H,80,85)/b8-6-,14-12-,20-18-,26-24-,35-32-,40-38+,48-46+,56-54+. The number of aliphatic hydroxyl groups excluding tert-OH is 11. The minimum absolute atomic E-state index is 0.219. The molecule has 566 valence electrons. The normalized spacial score (nSPS) is 27.3. The third-order valence-corrected chi connectivity index (χ3v) is 18.6. The molecule has 0 radical (unpaired) electrons. The first-order chi connectivity index (χ1) is 47.8. The Labute approximate surface area is 590 Å². The van der Waals surface area contributed by atoms with Crippen molar-refractivity contribution in [2.75, 3.05) is 26.4 Å². The third-order valence-electron chi connectivity index (χ3n) is 18.6. The highest BCUT2D eigenvalue weighted by Crippen LogP contribution is 2.33. The zero-order valence-electron chi connectivity index (χ0n) is 60.2. The van der Waals surface area contributed by atoms with E-state index in [2.05, 4.69) is 104 Å². The molecule has 0 bridgehead atoms. The highest BCUT2D eigenvalue weighted by atomic mass is 16.8. The number of amides is 1. The molecule has 0 spiro atoms. The van der Waals surface area contributed by atoms with E-state index >= 15 is 0 Å². The highest BCUT2D eigenvalue weighted by molar-refractivity contribution is 5.76. The second-order valence-electron chi connectivity index (χ2n) is 27.1. The van der Waals surface area contributed by atoms with Gasteiger partial charge in [-0.2, -0.15) is 0 Å². The Hall–Kier alpha value is -3.29. The van der Waals surface area contributed by atoms with Crippen LogP contribution in [0.4, 0.5) is 0 Å². The summed E-state index contributed by atoms with van der Waals surface area (Å²) < 4.78 is 34.4. The summed E-state index contributed by atoms with van der Waals surface area (Å²) >= 11 is 0. The summed E-state index contributed by atoms with van der Waals surface area (Å²) in [6, 6.07) is -1.01. The first-order valence-corrected chi connectivity index (χ1v) is 38.5. The van der Waals surface area contributed by atoms with Crippen LogP contribution in [0.1, 0.15) is 264 Å². The maximum atomic E-state index is 13.4. The number of allylic oxidation sites excluding steroid dienone is 15. The number of hydrogen-bond acceptors (Lipinski definition) is 18. The molecule has 12 N–H and O–H groups in total. The van der Waals surface area contributed by atoms with Gasteiger partial charge in [0.05, 0.1) is 38.6 Å². The van der Waals surface area contributed by atoms with Crippen molar-refractivity contribution < 1.29 is 89.4 Å². The molecule has 3 rings (SSSR count). The molecule has 3 heterocycles. The Bertz CT molecular complexity index is 2150. The van der Waals surface area contributed by atoms with Gasteiger partial charge in [-0.1, -0.05) is 265 Å². The Kier molecular flexibility index (Phi) is 53.7. The van der Waals surface area contributed by atoms with Crippen molar-refractivity contribution in [3.63, 3.8) is 0 Å². The molecule has 0 aromatic heterocycles. The Balaban J connectivity index is 1.42. The minimum atomic E-state index is -1.99. The maximum Gasteiger partial charge on any atom is 0.220 e. The fraction of sp³-hybridized carbons (Fsp3) is 0.785. The molecule has 1 amide bonds. The van der Waals surface area contributed by atoms with Crippen LogP contribution in [0.2, 0.25) is 0 Å². The van der Waals surface area contributed by atoms with Crippen LogP contribution in [-0.2, 0) is 33.2 Å². The van der Waals surface area contributed by atoms with Gasteiger partial charge in [0.1, 0.15) is 73.2 Å². The number of aliphatic hydroxyl groups is 11. The number of carbonyl (C=O) groups excluding carboxylic acids is 1. The average molecular weight is 1390 g/mol. The highest BCUT2D eigenvalue weighted by Gasteiger charge is 2.53. The van der Waals surface area contributed by atoms with E-state index < -0.39 is 124 Å². The van der Waals surface area contributed by atoms with Crippen LogP contribution in [0.25, 0.3) is 0 Å². The molecule has 0 saturated carbocycles. The van der Waals surface area contributed by atoms with Gasteiger partial charge in [0.15, 0.2) is 18.9 Å². The number of ether oxygens (including phenoxy) is 6. The number of nitrogens with one attached hydrogen (secondary N) is 1. The monoisotopic (exact) mass is 1390 g/mol. The van der Waals surface area contributed by atoms with Crippen molar-refractivity contribution in [2.24, 2.45) is 0 Å². The first kappa shape index (κ1) is 88.9. The molecule has 3 aliphatic heterocycles. The van der Waals surface area contributed by atoms with Crippen LogP contribution >= 0.6 is 0 Å². The lowest BCUT2D eigenvalue weighted by molar-refractivity contribution is -0.379. The summed E-state index contributed by atoms with van der Waals surface area (Å²) in [6.45, 7) is 1.60. The van der Waals surface area contributed by atoms with E-state index in [1.807, 2.05) is 6.08 Å². The minimum Gasteiger partial charge on any atom is -0.394 e. The topological polar surface area (TPSA) is 307 Å². The van der Waals surface area contributed by atoms with Gasteiger partial charge < -0.3 is 89.9 Å². The smallest absolute Gasteiger partial charge is 0.220 e. The van der Waals surface area contributed by atoms with Crippen molar-refractivity contribution in [1.29, 1.82) is 0 Å². The lowest BCUT2D eigenvalue weighted by Gasteiger charge is -2.48. The zero-order chi connectivity index (χ0) is 71.1. The Morgan fingerprint density at radius 3 is 1.14 bits per heavy atom. The number of unbranched alkanes of at least 4 members (excludes halogenated alkanes) is 29. The Morgan fingerprint density at radius 2 is 0.714 bits per heavy atom. The van der Waals surface area contributed by atoms with Crippen molar-refractivity contribution in [2.45, 2.75) is 369 Å². The molecule has 3 aliphatic rings. The van der Waals surface area contributed by atoms with Crippen LogP contribution < -0.4 is 5.32 Å². The summed E-state index contributed by atoms with van der Waals surface area (Å²) in [5.74, 6) is -0.298. The predicted molar refractivity (Wildman–Crippen MR) is 387 cm³/mol. The van der Waals surface area contributed by atoms with Crippen molar-refractivity contribution in [3.8, 4) is 0 Å². The second kappa shape index (κ2) is 59.1. The zero-order valence-corrected chi connectivity index (χ0v) is 60.2. The number of hydrogen-bond donors (Lipinski definition) is 12. The summed E-state index contributed by atoms with van der Waals surface area (Å²) in [5.41, 5.74) is 0. The molecular weight excluding hydrogens is 1250 g/mol. The van der Waals surface area contributed by atoms with Crippen LogP contribution in [0.5, 0.6) is 0 Å². The van der Waals surface area contributed by atoms with Crippen molar-refractivity contribution >= 4 is 5.91 Å². The van der Waals surface area contributed by atoms with E-state index in [0.717, 1.165) is 89.9 Å². The molecule has 3 fully saturated rings. The third kappa shape index (κ3) is 39.4. The largest absolute Gasteiger partial charge is 0.394 e. The quantitative estimate of drug-likeness (QED) is 0.0199. The van der Waals surface area contributed by atoms with Gasteiger partial charge in [0.2, 0.25) is 5.91 Å². The van der Waals surface area contributed by atoms with Gasteiger partial charge in [0, 0.05) is 6.42 Å². The van der Waals surface area contributed by atoms with Gasteiger partial charge in [-0.15, -0.1) is 0 Å². The van der Waals surface area contributed by atoms with E-state index in [1.165, 1.54) is 141 Å². The maximum absolute atomic E-state index is 13.4. The molecule has 98 heavy (non-hydrogen) atoms. The molecule has 17 atom stereocenters. The van der Waals surface area contributed by atoms with E-state index in [9.17, 15) is 61.0 Å². The fourth-order valence-electron chi connectivity index (χ4n) is 12.4. The van der Waals surface area contributed by atoms with Crippen LogP contribution in [0.3, 0.4) is 0 Å². The molecule has 19 heteroatoms. The number of carbonyl (C=O) groups is 1. The van der Waals surface area contributed by atoms with Gasteiger partial charge in [0.25, 0.3) is 0 Å². The van der Waals surface area contributed by atoms with Gasteiger partial charge in [-0.05, 0) is 89.9 Å². The van der Waals surface area contributed by atoms with Gasteiger partial charge in [-0.25, -0.2) is 0 Å². The predicted octanol–water partition coefficient (Wildman–Crippen LogP) is 12.0. The molecule has 3 saturated heterocycles. The molecule has 19 nitrogen and oxygen atoms in total. The molecule has 17 unspecified atom stereocenters.